The summed E-state index contributed by atoms with van der Waals surface area (Å²) >= 11 is 6.26. The number of para-hydroxylation sites is 1. The predicted octanol–water partition coefficient (Wildman–Crippen LogP) is 2.97. The van der Waals surface area contributed by atoms with E-state index < -0.39 is 17.4 Å². The summed E-state index contributed by atoms with van der Waals surface area (Å²) in [6.07, 6.45) is 5.19. The number of halogens is 1. The molecule has 0 N–H and O–H groups in total. The van der Waals surface area contributed by atoms with Crippen LogP contribution in [-0.2, 0) is 19.1 Å². The van der Waals surface area contributed by atoms with Crippen molar-refractivity contribution in [1.82, 2.24) is 0 Å². The van der Waals surface area contributed by atoms with Gasteiger partial charge in [-0.2, -0.15) is 0 Å². The molecule has 5 nitrogen and oxygen atoms in total. The molecule has 3 aliphatic heterocycles. The Morgan fingerprint density at radius 1 is 1.44 bits per heavy atom. The fraction of sp³-hybridized carbons (Fsp3) is 0.474. The first-order chi connectivity index (χ1) is 12.1. The number of unbranched alkanes of at least 4 members (excludes halogenated alkanes) is 1. The lowest BCUT2D eigenvalue weighted by Gasteiger charge is -2.22. The molecule has 0 radical (unpaired) electrons. The van der Waals surface area contributed by atoms with E-state index in [1.54, 1.807) is 11.0 Å². The van der Waals surface area contributed by atoms with Crippen molar-refractivity contribution in [3.8, 4) is 0 Å². The number of amides is 1. The zero-order chi connectivity index (χ0) is 17.6. The Kier molecular flexibility index (Phi) is 4.08. The second kappa shape index (κ2) is 6.15. The molecule has 0 aliphatic carbocycles. The van der Waals surface area contributed by atoms with Gasteiger partial charge in [-0.1, -0.05) is 49.2 Å². The van der Waals surface area contributed by atoms with Crippen LogP contribution in [-0.4, -0.2) is 36.7 Å². The minimum Gasteiger partial charge on any atom is -0.465 e. The van der Waals surface area contributed by atoms with Gasteiger partial charge in [-0.05, 0) is 18.6 Å². The highest BCUT2D eigenvalue weighted by molar-refractivity contribution is 6.34. The van der Waals surface area contributed by atoms with Crippen LogP contribution in [0, 0.1) is 11.8 Å². The minimum absolute atomic E-state index is 0.127. The molecule has 4 atom stereocenters. The normalized spacial score (nSPS) is 32.3. The van der Waals surface area contributed by atoms with Crippen molar-refractivity contribution < 1.29 is 19.1 Å². The number of hydrogen-bond acceptors (Lipinski definition) is 4. The second-order valence-corrected chi connectivity index (χ2v) is 7.20. The molecule has 2 fully saturated rings. The molecule has 1 aromatic rings. The zero-order valence-electron chi connectivity index (χ0n) is 14.0. The highest BCUT2D eigenvalue weighted by Gasteiger charge is 2.67. The lowest BCUT2D eigenvalue weighted by molar-refractivity contribution is -0.152. The number of hydrogen-bond donors (Lipinski definition) is 0. The zero-order valence-corrected chi connectivity index (χ0v) is 14.7. The van der Waals surface area contributed by atoms with Crippen LogP contribution in [0.3, 0.4) is 0 Å². The first-order valence-corrected chi connectivity index (χ1v) is 9.05. The lowest BCUT2D eigenvalue weighted by Crippen LogP contribution is -2.40. The summed E-state index contributed by atoms with van der Waals surface area (Å²) in [5.74, 6) is -1.60. The number of nitrogens with zero attached hydrogens (tertiary/aromatic N) is 1. The molecule has 3 aliphatic rings. The van der Waals surface area contributed by atoms with E-state index >= 15 is 0 Å². The highest BCUT2D eigenvalue weighted by Crippen LogP contribution is 2.53. The number of carbonyl (C=O) groups excluding carboxylic acids is 2. The smallest absolute Gasteiger partial charge is 0.312 e. The standard InChI is InChI=1S/C19H20ClNO4/c1-2-3-10-24-18(23)15-14-8-9-19(25-14)11-21(17(22)16(15)19)13-7-5-4-6-12(13)20/h4-9,14-16H,2-3,10-11H2,1H3/t14-,15-,16-,19+/m1/s1. The molecular formula is C19H20ClNO4. The van der Waals surface area contributed by atoms with Gasteiger partial charge in [0, 0.05) is 0 Å². The third-order valence-electron chi connectivity index (χ3n) is 5.26. The number of ether oxygens (including phenoxy) is 2. The molecular weight excluding hydrogens is 342 g/mol. The van der Waals surface area contributed by atoms with Crippen LogP contribution in [0.25, 0.3) is 0 Å². The number of rotatable bonds is 5. The van der Waals surface area contributed by atoms with Crippen LogP contribution >= 0.6 is 11.6 Å². The Morgan fingerprint density at radius 3 is 3.00 bits per heavy atom. The van der Waals surface area contributed by atoms with E-state index in [0.29, 0.717) is 23.9 Å². The van der Waals surface area contributed by atoms with E-state index in [0.717, 1.165) is 12.8 Å². The summed E-state index contributed by atoms with van der Waals surface area (Å²) < 4.78 is 11.5. The van der Waals surface area contributed by atoms with Crippen molar-refractivity contribution in [2.45, 2.75) is 31.5 Å². The molecule has 132 valence electrons. The largest absolute Gasteiger partial charge is 0.465 e. The molecule has 0 aromatic heterocycles. The number of esters is 1. The molecule has 4 rings (SSSR count). The van der Waals surface area contributed by atoms with Gasteiger partial charge in [0.15, 0.2) is 0 Å². The third kappa shape index (κ3) is 2.49. The van der Waals surface area contributed by atoms with Crippen LogP contribution < -0.4 is 4.90 Å². The van der Waals surface area contributed by atoms with Crippen LogP contribution in [0.1, 0.15) is 19.8 Å². The monoisotopic (exact) mass is 361 g/mol. The van der Waals surface area contributed by atoms with Crippen molar-refractivity contribution in [3.05, 3.63) is 41.4 Å². The molecule has 6 heteroatoms. The van der Waals surface area contributed by atoms with Gasteiger partial charge in [-0.15, -0.1) is 0 Å². The molecule has 0 saturated carbocycles. The van der Waals surface area contributed by atoms with Crippen molar-refractivity contribution in [2.75, 3.05) is 18.1 Å². The van der Waals surface area contributed by atoms with Gasteiger partial charge in [-0.3, -0.25) is 9.59 Å². The van der Waals surface area contributed by atoms with Gasteiger partial charge in [0.1, 0.15) is 11.5 Å². The molecule has 1 spiro atoms. The van der Waals surface area contributed by atoms with E-state index in [1.165, 1.54) is 0 Å². The minimum atomic E-state index is -0.755. The van der Waals surface area contributed by atoms with Crippen LogP contribution in [0.4, 0.5) is 5.69 Å². The SMILES string of the molecule is CCCCOC(=O)[C@@H]1[C@H]2C=C[C@@]3(CN(c4ccccc4Cl)C(=O)[C@@H]13)O2. The number of fused-ring (bicyclic) bond motifs is 1. The summed E-state index contributed by atoms with van der Waals surface area (Å²) in [4.78, 5) is 27.3. The molecule has 3 heterocycles. The second-order valence-electron chi connectivity index (χ2n) is 6.80. The van der Waals surface area contributed by atoms with Gasteiger partial charge in [0.25, 0.3) is 0 Å². The van der Waals surface area contributed by atoms with E-state index in [1.807, 2.05) is 37.3 Å². The summed E-state index contributed by atoms with van der Waals surface area (Å²) in [5.41, 5.74) is -0.105. The summed E-state index contributed by atoms with van der Waals surface area (Å²) in [6.45, 7) is 2.78. The molecule has 0 unspecified atom stereocenters. The number of carbonyl (C=O) groups is 2. The van der Waals surface area contributed by atoms with E-state index in [4.69, 9.17) is 21.1 Å². The summed E-state index contributed by atoms with van der Waals surface area (Å²) in [5, 5.41) is 0.507. The average Bonchev–Trinajstić information content (AvgIpc) is 3.24. The number of benzene rings is 1. The van der Waals surface area contributed by atoms with E-state index in [2.05, 4.69) is 0 Å². The highest BCUT2D eigenvalue weighted by atomic mass is 35.5. The Balaban J connectivity index is 1.61. The maximum absolute atomic E-state index is 13.1. The first kappa shape index (κ1) is 16.6. The topological polar surface area (TPSA) is 55.8 Å². The Morgan fingerprint density at radius 2 is 2.24 bits per heavy atom. The maximum Gasteiger partial charge on any atom is 0.312 e. The lowest BCUT2D eigenvalue weighted by atomic mass is 9.77. The Bertz CT molecular complexity index is 749. The van der Waals surface area contributed by atoms with Crippen LogP contribution in [0.2, 0.25) is 5.02 Å². The van der Waals surface area contributed by atoms with Gasteiger partial charge in [-0.25, -0.2) is 0 Å². The number of anilines is 1. The van der Waals surface area contributed by atoms with Gasteiger partial charge in [0.05, 0.1) is 35.9 Å². The Hall–Kier alpha value is -1.85. The molecule has 25 heavy (non-hydrogen) atoms. The first-order valence-electron chi connectivity index (χ1n) is 8.67. The molecule has 1 amide bonds. The summed E-state index contributed by atoms with van der Waals surface area (Å²) in [7, 11) is 0. The van der Waals surface area contributed by atoms with E-state index in [9.17, 15) is 9.59 Å². The van der Waals surface area contributed by atoms with Crippen molar-refractivity contribution in [1.29, 1.82) is 0 Å². The van der Waals surface area contributed by atoms with Crippen LogP contribution in [0.5, 0.6) is 0 Å². The molecule has 1 aromatic carbocycles. The van der Waals surface area contributed by atoms with Gasteiger partial charge in [0.2, 0.25) is 5.91 Å². The van der Waals surface area contributed by atoms with Gasteiger partial charge >= 0.3 is 5.97 Å². The van der Waals surface area contributed by atoms with Gasteiger partial charge < -0.3 is 14.4 Å². The van der Waals surface area contributed by atoms with Crippen molar-refractivity contribution in [2.24, 2.45) is 11.8 Å². The summed E-state index contributed by atoms with van der Waals surface area (Å²) in [6, 6.07) is 7.22. The third-order valence-corrected chi connectivity index (χ3v) is 5.58. The van der Waals surface area contributed by atoms with Crippen molar-refractivity contribution >= 4 is 29.2 Å². The van der Waals surface area contributed by atoms with E-state index in [-0.39, 0.29) is 18.0 Å². The predicted molar refractivity (Wildman–Crippen MR) is 93.4 cm³/mol. The average molecular weight is 362 g/mol. The quantitative estimate of drug-likeness (QED) is 0.459. The van der Waals surface area contributed by atoms with Crippen LogP contribution in [0.15, 0.2) is 36.4 Å². The van der Waals surface area contributed by atoms with Crippen molar-refractivity contribution in [3.63, 3.8) is 0 Å². The maximum atomic E-state index is 13.1. The molecule has 2 bridgehead atoms. The Labute approximate surface area is 151 Å². The fourth-order valence-electron chi connectivity index (χ4n) is 4.06. The molecule has 2 saturated heterocycles. The fourth-order valence-corrected chi connectivity index (χ4v) is 4.29.